The molecule has 0 radical (unpaired) electrons. The van der Waals surface area contributed by atoms with E-state index in [1.165, 1.54) is 0 Å². The van der Waals surface area contributed by atoms with Gasteiger partial charge in [0.25, 0.3) is 0 Å². The van der Waals surface area contributed by atoms with Gasteiger partial charge in [0.1, 0.15) is 0 Å². The number of nitrogens with zero attached hydrogens (tertiary/aromatic N) is 2. The molecule has 1 aliphatic heterocycles. The highest BCUT2D eigenvalue weighted by atomic mass is 19.1. The first kappa shape index (κ1) is 10.2. The zero-order valence-corrected chi connectivity index (χ0v) is 9.71. The number of aromatic amines is 1. The smallest absolute Gasteiger partial charge is 0.212 e. The summed E-state index contributed by atoms with van der Waals surface area (Å²) in [5, 5.41) is 8.23. The van der Waals surface area contributed by atoms with Gasteiger partial charge in [0.15, 0.2) is 0 Å². The molecule has 1 aromatic heterocycles. The topological polar surface area (TPSA) is 41.0 Å². The fraction of sp³-hybridized carbons (Fsp3) is 0.231. The molecule has 17 heavy (non-hydrogen) atoms. The van der Waals surface area contributed by atoms with Gasteiger partial charge in [-0.05, 0) is 31.1 Å². The molecule has 4 heteroatoms. The predicted molar refractivity (Wildman–Crippen MR) is 65.8 cm³/mol. The van der Waals surface area contributed by atoms with Crippen LogP contribution in [0.4, 0.5) is 4.39 Å². The first-order valence-electron chi connectivity index (χ1n) is 5.53. The van der Waals surface area contributed by atoms with Crippen LogP contribution in [0.25, 0.3) is 10.9 Å². The third-order valence-corrected chi connectivity index (χ3v) is 3.10. The van der Waals surface area contributed by atoms with Gasteiger partial charge in [0.05, 0.1) is 11.2 Å². The van der Waals surface area contributed by atoms with Gasteiger partial charge in [-0.3, -0.25) is 5.10 Å². The summed E-state index contributed by atoms with van der Waals surface area (Å²) in [5.74, 6) is -0.349. The zero-order chi connectivity index (χ0) is 12.0. The number of aromatic nitrogens is 2. The van der Waals surface area contributed by atoms with Crippen molar-refractivity contribution in [1.82, 2.24) is 10.2 Å². The molecule has 0 unspecified atom stereocenters. The van der Waals surface area contributed by atoms with Gasteiger partial charge in [-0.15, -0.1) is 0 Å². The van der Waals surface area contributed by atoms with E-state index in [1.54, 1.807) is 6.92 Å². The minimum atomic E-state index is -0.349. The summed E-state index contributed by atoms with van der Waals surface area (Å²) in [6.07, 6.45) is 0.584. The third kappa shape index (κ3) is 1.56. The summed E-state index contributed by atoms with van der Waals surface area (Å²) in [4.78, 5) is 3.94. The maximum atomic E-state index is 13.2. The molecule has 0 atom stereocenters. The zero-order valence-electron chi connectivity index (χ0n) is 9.71. The standard InChI is InChI=1S/C13H12FN3/c1-7-5-11(15-13(7)14)9-3-4-10-8(2)16-17-12(10)6-9/h3-4,6H,5H2,1-2H3,(H,16,17). The molecule has 0 amide bonds. The molecule has 1 aliphatic rings. The number of hydrogen-bond acceptors (Lipinski definition) is 2. The molecule has 3 nitrogen and oxygen atoms in total. The van der Waals surface area contributed by atoms with E-state index in [0.717, 1.165) is 27.9 Å². The second-order valence-electron chi connectivity index (χ2n) is 4.39. The first-order valence-corrected chi connectivity index (χ1v) is 5.53. The van der Waals surface area contributed by atoms with Crippen molar-refractivity contribution in [3.8, 4) is 0 Å². The van der Waals surface area contributed by atoms with Crippen LogP contribution in [-0.2, 0) is 0 Å². The number of aryl methyl sites for hydroxylation is 1. The summed E-state index contributed by atoms with van der Waals surface area (Å²) in [6, 6.07) is 5.91. The Morgan fingerprint density at radius 2 is 2.12 bits per heavy atom. The average molecular weight is 229 g/mol. The molecule has 2 aromatic rings. The summed E-state index contributed by atoms with van der Waals surface area (Å²) in [6.45, 7) is 3.75. The van der Waals surface area contributed by atoms with Crippen LogP contribution >= 0.6 is 0 Å². The van der Waals surface area contributed by atoms with Crippen LogP contribution in [0, 0.1) is 6.92 Å². The second kappa shape index (κ2) is 3.52. The Labute approximate surface area is 98.1 Å². The molecule has 2 heterocycles. The van der Waals surface area contributed by atoms with Gasteiger partial charge in [-0.25, -0.2) is 4.99 Å². The molecule has 1 aromatic carbocycles. The lowest BCUT2D eigenvalue weighted by Crippen LogP contribution is -1.97. The van der Waals surface area contributed by atoms with Crippen molar-refractivity contribution in [3.63, 3.8) is 0 Å². The highest BCUT2D eigenvalue weighted by Crippen LogP contribution is 2.25. The van der Waals surface area contributed by atoms with Gasteiger partial charge < -0.3 is 0 Å². The number of H-pyrrole nitrogens is 1. The van der Waals surface area contributed by atoms with Crippen molar-refractivity contribution in [1.29, 1.82) is 0 Å². The summed E-state index contributed by atoms with van der Waals surface area (Å²) in [5.41, 5.74) is 4.35. The van der Waals surface area contributed by atoms with Crippen LogP contribution < -0.4 is 0 Å². The molecule has 0 bridgehead atoms. The molecular formula is C13H12FN3. The number of hydrogen-bond donors (Lipinski definition) is 1. The van der Waals surface area contributed by atoms with Crippen LogP contribution in [0.3, 0.4) is 0 Å². The van der Waals surface area contributed by atoms with Crippen molar-refractivity contribution in [2.45, 2.75) is 20.3 Å². The van der Waals surface area contributed by atoms with E-state index >= 15 is 0 Å². The van der Waals surface area contributed by atoms with E-state index in [4.69, 9.17) is 0 Å². The van der Waals surface area contributed by atoms with Crippen LogP contribution in [0.2, 0.25) is 0 Å². The molecule has 0 aliphatic carbocycles. The molecule has 1 N–H and O–H groups in total. The Bertz CT molecular complexity index is 664. The number of fused-ring (bicyclic) bond motifs is 1. The number of rotatable bonds is 1. The van der Waals surface area contributed by atoms with Crippen molar-refractivity contribution >= 4 is 16.6 Å². The van der Waals surface area contributed by atoms with Crippen molar-refractivity contribution in [3.05, 3.63) is 41.0 Å². The van der Waals surface area contributed by atoms with E-state index in [2.05, 4.69) is 15.2 Å². The van der Waals surface area contributed by atoms with Gasteiger partial charge in [0, 0.05) is 17.5 Å². The monoisotopic (exact) mass is 229 g/mol. The molecule has 3 rings (SSSR count). The summed E-state index contributed by atoms with van der Waals surface area (Å²) < 4.78 is 13.2. The molecule has 86 valence electrons. The molecule has 0 spiro atoms. The predicted octanol–water partition coefficient (Wildman–Crippen LogP) is 3.27. The lowest BCUT2D eigenvalue weighted by atomic mass is 10.0. The van der Waals surface area contributed by atoms with Crippen LogP contribution in [0.1, 0.15) is 24.6 Å². The van der Waals surface area contributed by atoms with Crippen LogP contribution in [0.15, 0.2) is 34.7 Å². The molecule has 0 saturated carbocycles. The molecule has 0 saturated heterocycles. The Kier molecular flexibility index (Phi) is 2.11. The second-order valence-corrected chi connectivity index (χ2v) is 4.39. The minimum absolute atomic E-state index is 0.349. The maximum absolute atomic E-state index is 13.2. The fourth-order valence-corrected chi connectivity index (χ4v) is 2.07. The Morgan fingerprint density at radius 1 is 1.29 bits per heavy atom. The largest absolute Gasteiger partial charge is 0.282 e. The summed E-state index contributed by atoms with van der Waals surface area (Å²) in [7, 11) is 0. The normalized spacial score (nSPS) is 15.8. The van der Waals surface area contributed by atoms with E-state index in [1.807, 2.05) is 25.1 Å². The van der Waals surface area contributed by atoms with Gasteiger partial charge in [0.2, 0.25) is 5.95 Å². The van der Waals surface area contributed by atoms with Crippen LogP contribution in [0.5, 0.6) is 0 Å². The van der Waals surface area contributed by atoms with Crippen molar-refractivity contribution in [2.75, 3.05) is 0 Å². The van der Waals surface area contributed by atoms with E-state index in [9.17, 15) is 4.39 Å². The SMILES string of the molecule is CC1=C(F)N=C(c2ccc3c(C)[nH]nc3c2)C1. The average Bonchev–Trinajstić information content (AvgIpc) is 2.84. The highest BCUT2D eigenvalue weighted by molar-refractivity contribution is 6.06. The Hall–Kier alpha value is -1.97. The highest BCUT2D eigenvalue weighted by Gasteiger charge is 2.16. The Morgan fingerprint density at radius 3 is 2.82 bits per heavy atom. The summed E-state index contributed by atoms with van der Waals surface area (Å²) >= 11 is 0. The fourth-order valence-electron chi connectivity index (χ4n) is 2.07. The Balaban J connectivity index is 2.06. The van der Waals surface area contributed by atoms with E-state index < -0.39 is 0 Å². The maximum Gasteiger partial charge on any atom is 0.212 e. The van der Waals surface area contributed by atoms with Gasteiger partial charge >= 0.3 is 0 Å². The first-order chi connectivity index (χ1) is 8.15. The lowest BCUT2D eigenvalue weighted by Gasteiger charge is -2.00. The third-order valence-electron chi connectivity index (χ3n) is 3.10. The lowest BCUT2D eigenvalue weighted by molar-refractivity contribution is 0.622. The number of allylic oxidation sites excluding steroid dienone is 1. The van der Waals surface area contributed by atoms with Crippen molar-refractivity contribution in [2.24, 2.45) is 4.99 Å². The van der Waals surface area contributed by atoms with E-state index in [-0.39, 0.29) is 5.95 Å². The molecule has 0 fully saturated rings. The number of halogens is 1. The number of benzene rings is 1. The minimum Gasteiger partial charge on any atom is -0.282 e. The quantitative estimate of drug-likeness (QED) is 0.749. The number of aliphatic imine (C=N–C) groups is 1. The van der Waals surface area contributed by atoms with Gasteiger partial charge in [-0.1, -0.05) is 12.1 Å². The molecular weight excluding hydrogens is 217 g/mol. The number of nitrogens with one attached hydrogen (secondary N) is 1. The van der Waals surface area contributed by atoms with Crippen LogP contribution in [-0.4, -0.2) is 15.9 Å². The van der Waals surface area contributed by atoms with Crippen molar-refractivity contribution < 1.29 is 4.39 Å². The van der Waals surface area contributed by atoms with Gasteiger partial charge in [-0.2, -0.15) is 9.49 Å². The van der Waals surface area contributed by atoms with E-state index in [0.29, 0.717) is 12.0 Å².